The van der Waals surface area contributed by atoms with Gasteiger partial charge in [0.25, 0.3) is 0 Å². The summed E-state index contributed by atoms with van der Waals surface area (Å²) in [5.41, 5.74) is 1.13. The predicted molar refractivity (Wildman–Crippen MR) is 76.0 cm³/mol. The Balaban J connectivity index is 1.91. The van der Waals surface area contributed by atoms with Gasteiger partial charge in [-0.15, -0.1) is 0 Å². The van der Waals surface area contributed by atoms with Gasteiger partial charge in [-0.2, -0.15) is 11.8 Å². The van der Waals surface area contributed by atoms with Crippen LogP contribution in [0.5, 0.6) is 0 Å². The van der Waals surface area contributed by atoms with Crippen molar-refractivity contribution in [2.75, 3.05) is 12.9 Å². The molecule has 19 heavy (non-hydrogen) atoms. The minimum absolute atomic E-state index is 0.0145. The van der Waals surface area contributed by atoms with Gasteiger partial charge in [0, 0.05) is 42.1 Å². The number of carbonyl (C=O) groups excluding carboxylic acids is 1. The number of hydrogen-bond acceptors (Lipinski definition) is 4. The number of aromatic nitrogens is 2. The summed E-state index contributed by atoms with van der Waals surface area (Å²) in [6.45, 7) is 2.89. The maximum atomic E-state index is 12.2. The van der Waals surface area contributed by atoms with Crippen LogP contribution < -0.4 is 5.32 Å². The Bertz CT molecular complexity index is 431. The normalized spacial score (nSPS) is 21.5. The second-order valence-corrected chi connectivity index (χ2v) is 6.10. The minimum Gasteiger partial charge on any atom is -0.395 e. The summed E-state index contributed by atoms with van der Waals surface area (Å²) < 4.78 is 2.10. The average molecular weight is 283 g/mol. The van der Waals surface area contributed by atoms with Gasteiger partial charge in [0.05, 0.1) is 12.9 Å². The fourth-order valence-corrected chi connectivity index (χ4v) is 3.09. The van der Waals surface area contributed by atoms with Gasteiger partial charge in [0.2, 0.25) is 5.91 Å². The molecular weight excluding hydrogens is 262 g/mol. The number of nitrogens with zero attached hydrogens (tertiary/aromatic N) is 2. The highest BCUT2D eigenvalue weighted by molar-refractivity contribution is 7.99. The van der Waals surface area contributed by atoms with Crippen molar-refractivity contribution in [1.82, 2.24) is 14.9 Å². The molecule has 1 amide bonds. The molecular formula is C13H21N3O2S. The van der Waals surface area contributed by atoms with Crippen LogP contribution >= 0.6 is 11.8 Å². The molecule has 0 aromatic carbocycles. The van der Waals surface area contributed by atoms with Crippen molar-refractivity contribution in [2.45, 2.75) is 37.6 Å². The number of nitrogens with one attached hydrogen (secondary N) is 1. The molecule has 0 aliphatic carbocycles. The van der Waals surface area contributed by atoms with Crippen molar-refractivity contribution in [3.63, 3.8) is 0 Å². The number of aryl methyl sites for hydroxylation is 1. The van der Waals surface area contributed by atoms with Crippen LogP contribution in [0.4, 0.5) is 0 Å². The van der Waals surface area contributed by atoms with Crippen LogP contribution in [0.1, 0.15) is 19.0 Å². The molecule has 5 nitrogen and oxygen atoms in total. The number of thioether (sulfide) groups is 1. The van der Waals surface area contributed by atoms with Crippen LogP contribution in [0.15, 0.2) is 12.5 Å². The Hall–Kier alpha value is -1.01. The summed E-state index contributed by atoms with van der Waals surface area (Å²) in [7, 11) is 0. The van der Waals surface area contributed by atoms with Gasteiger partial charge in [0.1, 0.15) is 0 Å². The van der Waals surface area contributed by atoms with Gasteiger partial charge in [0.15, 0.2) is 0 Å². The molecule has 0 saturated heterocycles. The van der Waals surface area contributed by atoms with Crippen molar-refractivity contribution in [3.05, 3.63) is 18.2 Å². The van der Waals surface area contributed by atoms with E-state index >= 15 is 0 Å². The summed E-state index contributed by atoms with van der Waals surface area (Å²) in [5.74, 6) is 0.111. The Morgan fingerprint density at radius 3 is 3.21 bits per heavy atom. The Labute approximate surface area is 117 Å². The summed E-state index contributed by atoms with van der Waals surface area (Å²) in [6, 6.07) is -0.0145. The summed E-state index contributed by atoms with van der Waals surface area (Å²) >= 11 is 1.58. The molecule has 0 saturated carbocycles. The van der Waals surface area contributed by atoms with Gasteiger partial charge in [-0.1, -0.05) is 0 Å². The predicted octanol–water partition coefficient (Wildman–Crippen LogP) is 0.674. The molecule has 3 atom stereocenters. The molecule has 3 unspecified atom stereocenters. The molecule has 106 valence electrons. The number of imidazole rings is 1. The molecule has 6 heteroatoms. The van der Waals surface area contributed by atoms with Crippen molar-refractivity contribution in [1.29, 1.82) is 0 Å². The van der Waals surface area contributed by atoms with E-state index < -0.39 is 0 Å². The number of amides is 1. The van der Waals surface area contributed by atoms with E-state index in [0.29, 0.717) is 0 Å². The third-order valence-electron chi connectivity index (χ3n) is 3.75. The lowest BCUT2D eigenvalue weighted by Gasteiger charge is -2.27. The molecule has 0 bridgehead atoms. The van der Waals surface area contributed by atoms with Gasteiger partial charge in [-0.05, 0) is 19.6 Å². The number of aliphatic hydroxyl groups is 1. The van der Waals surface area contributed by atoms with Crippen LogP contribution in [0.2, 0.25) is 0 Å². The van der Waals surface area contributed by atoms with Gasteiger partial charge in [-0.3, -0.25) is 4.79 Å². The third kappa shape index (κ3) is 3.30. The molecule has 0 radical (unpaired) electrons. The van der Waals surface area contributed by atoms with E-state index in [2.05, 4.69) is 14.9 Å². The fraction of sp³-hybridized carbons (Fsp3) is 0.692. The van der Waals surface area contributed by atoms with E-state index in [4.69, 9.17) is 0 Å². The van der Waals surface area contributed by atoms with Crippen molar-refractivity contribution in [2.24, 2.45) is 5.92 Å². The Morgan fingerprint density at radius 1 is 1.74 bits per heavy atom. The zero-order valence-electron chi connectivity index (χ0n) is 11.4. The lowest BCUT2D eigenvalue weighted by atomic mass is 9.95. The largest absolute Gasteiger partial charge is 0.395 e. The van der Waals surface area contributed by atoms with Crippen molar-refractivity contribution < 1.29 is 9.90 Å². The Kier molecular flexibility index (Phi) is 4.87. The molecule has 2 rings (SSSR count). The SMILES string of the molecule is CSC(CO)C(C)NC(=O)C1CCn2cncc2C1. The van der Waals surface area contributed by atoms with Gasteiger partial charge < -0.3 is 15.0 Å². The zero-order chi connectivity index (χ0) is 13.8. The first-order chi connectivity index (χ1) is 9.15. The van der Waals surface area contributed by atoms with Crippen molar-refractivity contribution >= 4 is 17.7 Å². The maximum Gasteiger partial charge on any atom is 0.223 e. The third-order valence-corrected chi connectivity index (χ3v) is 4.92. The van der Waals surface area contributed by atoms with Crippen molar-refractivity contribution in [3.8, 4) is 0 Å². The smallest absolute Gasteiger partial charge is 0.223 e. The lowest BCUT2D eigenvalue weighted by molar-refractivity contribution is -0.126. The van der Waals surface area contributed by atoms with E-state index in [-0.39, 0.29) is 29.7 Å². The standard InChI is InChI=1S/C13H21N3O2S/c1-9(12(7-17)19-2)15-13(18)10-3-4-16-8-14-6-11(16)5-10/h6,8-10,12,17H,3-5,7H2,1-2H3,(H,15,18). The molecule has 1 aromatic rings. The van der Waals surface area contributed by atoms with Crippen LogP contribution in [0, 0.1) is 5.92 Å². The first kappa shape index (κ1) is 14.4. The minimum atomic E-state index is -0.0145. The molecule has 1 aromatic heterocycles. The van der Waals surface area contributed by atoms with Gasteiger partial charge in [-0.25, -0.2) is 4.98 Å². The summed E-state index contributed by atoms with van der Waals surface area (Å²) in [5, 5.41) is 12.3. The number of aliphatic hydroxyl groups excluding tert-OH is 1. The van der Waals surface area contributed by atoms with Crippen LogP contribution in [0.25, 0.3) is 0 Å². The van der Waals surface area contributed by atoms with Crippen LogP contribution in [-0.2, 0) is 17.8 Å². The van der Waals surface area contributed by atoms with Crippen LogP contribution in [-0.4, -0.2) is 44.7 Å². The second kappa shape index (κ2) is 6.43. The highest BCUT2D eigenvalue weighted by atomic mass is 32.2. The van der Waals surface area contributed by atoms with E-state index in [1.807, 2.05) is 25.7 Å². The number of fused-ring (bicyclic) bond motifs is 1. The monoisotopic (exact) mass is 283 g/mol. The maximum absolute atomic E-state index is 12.2. The second-order valence-electron chi connectivity index (χ2n) is 5.02. The van der Waals surface area contributed by atoms with E-state index in [1.54, 1.807) is 11.8 Å². The topological polar surface area (TPSA) is 67.2 Å². The molecule has 2 N–H and O–H groups in total. The van der Waals surface area contributed by atoms with Gasteiger partial charge >= 0.3 is 0 Å². The summed E-state index contributed by atoms with van der Waals surface area (Å²) in [6.07, 6.45) is 7.21. The first-order valence-electron chi connectivity index (χ1n) is 6.58. The molecule has 1 aliphatic rings. The summed E-state index contributed by atoms with van der Waals surface area (Å²) in [4.78, 5) is 16.4. The highest BCUT2D eigenvalue weighted by Gasteiger charge is 2.27. The quantitative estimate of drug-likeness (QED) is 0.834. The molecule has 2 heterocycles. The lowest BCUT2D eigenvalue weighted by Crippen LogP contribution is -2.45. The Morgan fingerprint density at radius 2 is 2.53 bits per heavy atom. The molecule has 0 spiro atoms. The zero-order valence-corrected chi connectivity index (χ0v) is 12.2. The first-order valence-corrected chi connectivity index (χ1v) is 7.87. The molecule has 1 aliphatic heterocycles. The number of carbonyl (C=O) groups is 1. The number of hydrogen-bond donors (Lipinski definition) is 2. The fourth-order valence-electron chi connectivity index (χ4n) is 2.46. The van der Waals surface area contributed by atoms with Crippen LogP contribution in [0.3, 0.4) is 0 Å². The van der Waals surface area contributed by atoms with E-state index in [0.717, 1.165) is 25.1 Å². The average Bonchev–Trinajstić information content (AvgIpc) is 2.87. The molecule has 0 fully saturated rings. The highest BCUT2D eigenvalue weighted by Crippen LogP contribution is 2.20. The van der Waals surface area contributed by atoms with E-state index in [1.165, 1.54) is 0 Å². The van der Waals surface area contributed by atoms with E-state index in [9.17, 15) is 9.90 Å². The number of rotatable bonds is 5.